The summed E-state index contributed by atoms with van der Waals surface area (Å²) in [5.74, 6) is -0.790. The molecule has 0 aromatic carbocycles. The van der Waals surface area contributed by atoms with E-state index in [1.54, 1.807) is 16.7 Å². The molecule has 0 radical (unpaired) electrons. The molecule has 0 bridgehead atoms. The molecule has 1 aliphatic rings. The van der Waals surface area contributed by atoms with E-state index in [2.05, 4.69) is 9.88 Å². The standard InChI is InChI=1S/C13H16N4O3S/c18-11-7-10(14-13-17(11)5-6-21-13)8-15-1-3-16(4-2-15)9-12(19)20/h5-7H,1-4,8-9H2,(H,19,20). The predicted molar refractivity (Wildman–Crippen MR) is 78.7 cm³/mol. The van der Waals surface area contributed by atoms with E-state index in [-0.39, 0.29) is 12.1 Å². The van der Waals surface area contributed by atoms with Gasteiger partial charge in [-0.2, -0.15) is 0 Å². The Morgan fingerprint density at radius 3 is 2.71 bits per heavy atom. The first kappa shape index (κ1) is 14.2. The second-order valence-electron chi connectivity index (χ2n) is 5.09. The summed E-state index contributed by atoms with van der Waals surface area (Å²) in [6.45, 7) is 3.76. The molecule has 2 aromatic rings. The van der Waals surface area contributed by atoms with Crippen molar-refractivity contribution in [2.24, 2.45) is 0 Å². The summed E-state index contributed by atoms with van der Waals surface area (Å²) in [4.78, 5) is 31.9. The van der Waals surface area contributed by atoms with Gasteiger partial charge in [0.15, 0.2) is 4.96 Å². The molecule has 0 aliphatic carbocycles. The van der Waals surface area contributed by atoms with Crippen LogP contribution in [0.5, 0.6) is 0 Å². The van der Waals surface area contributed by atoms with Gasteiger partial charge in [-0.25, -0.2) is 4.98 Å². The van der Waals surface area contributed by atoms with Crippen LogP contribution in [0.4, 0.5) is 0 Å². The molecule has 21 heavy (non-hydrogen) atoms. The molecule has 1 saturated heterocycles. The lowest BCUT2D eigenvalue weighted by molar-refractivity contribution is -0.138. The normalized spacial score (nSPS) is 17.3. The quantitative estimate of drug-likeness (QED) is 0.854. The molecule has 3 heterocycles. The van der Waals surface area contributed by atoms with Gasteiger partial charge in [0.1, 0.15) is 0 Å². The van der Waals surface area contributed by atoms with Crippen LogP contribution >= 0.6 is 11.3 Å². The number of piperazine rings is 1. The second kappa shape index (κ2) is 5.92. The van der Waals surface area contributed by atoms with Crippen molar-refractivity contribution in [1.82, 2.24) is 19.2 Å². The van der Waals surface area contributed by atoms with E-state index >= 15 is 0 Å². The van der Waals surface area contributed by atoms with Crippen LogP contribution in [0.3, 0.4) is 0 Å². The lowest BCUT2D eigenvalue weighted by Gasteiger charge is -2.33. The minimum Gasteiger partial charge on any atom is -0.480 e. The van der Waals surface area contributed by atoms with Crippen molar-refractivity contribution in [2.45, 2.75) is 6.54 Å². The third-order valence-corrected chi connectivity index (χ3v) is 4.32. The van der Waals surface area contributed by atoms with Crippen LogP contribution in [-0.2, 0) is 11.3 Å². The van der Waals surface area contributed by atoms with Crippen LogP contribution in [0.1, 0.15) is 5.69 Å². The van der Waals surface area contributed by atoms with Gasteiger partial charge >= 0.3 is 5.97 Å². The summed E-state index contributed by atoms with van der Waals surface area (Å²) >= 11 is 1.44. The number of fused-ring (bicyclic) bond motifs is 1. The highest BCUT2D eigenvalue weighted by atomic mass is 32.1. The first-order valence-corrected chi connectivity index (χ1v) is 7.62. The van der Waals surface area contributed by atoms with Gasteiger partial charge in [0.05, 0.1) is 12.2 Å². The molecule has 112 valence electrons. The Hall–Kier alpha value is -1.77. The Morgan fingerprint density at radius 1 is 1.29 bits per heavy atom. The fourth-order valence-electron chi connectivity index (χ4n) is 2.49. The first-order chi connectivity index (χ1) is 10.1. The summed E-state index contributed by atoms with van der Waals surface area (Å²) in [5.41, 5.74) is 0.717. The van der Waals surface area contributed by atoms with Gasteiger partial charge in [-0.1, -0.05) is 0 Å². The highest BCUT2D eigenvalue weighted by molar-refractivity contribution is 7.15. The maximum Gasteiger partial charge on any atom is 0.317 e. The molecule has 3 rings (SSSR count). The minimum atomic E-state index is -0.790. The number of carbonyl (C=O) groups is 1. The molecule has 0 spiro atoms. The molecule has 0 amide bonds. The Balaban J connectivity index is 1.64. The number of carboxylic acid groups (broad SMARTS) is 1. The monoisotopic (exact) mass is 308 g/mol. The Morgan fingerprint density at radius 2 is 2.00 bits per heavy atom. The van der Waals surface area contributed by atoms with E-state index in [1.807, 2.05) is 10.3 Å². The Bertz CT molecular complexity index is 703. The van der Waals surface area contributed by atoms with E-state index < -0.39 is 5.97 Å². The molecule has 2 aromatic heterocycles. The topological polar surface area (TPSA) is 78.2 Å². The molecule has 0 atom stereocenters. The van der Waals surface area contributed by atoms with E-state index in [0.717, 1.165) is 31.9 Å². The fraction of sp³-hybridized carbons (Fsp3) is 0.462. The lowest BCUT2D eigenvalue weighted by Crippen LogP contribution is -2.47. The molecule has 7 nitrogen and oxygen atoms in total. The summed E-state index contributed by atoms with van der Waals surface area (Å²) in [5, 5.41) is 10.6. The maximum absolute atomic E-state index is 11.9. The summed E-state index contributed by atoms with van der Waals surface area (Å²) < 4.78 is 1.54. The first-order valence-electron chi connectivity index (χ1n) is 6.74. The third kappa shape index (κ3) is 3.29. The van der Waals surface area contributed by atoms with E-state index in [0.29, 0.717) is 11.5 Å². The van der Waals surface area contributed by atoms with Gasteiger partial charge in [-0.3, -0.25) is 23.8 Å². The van der Waals surface area contributed by atoms with E-state index in [1.165, 1.54) is 11.3 Å². The zero-order chi connectivity index (χ0) is 14.8. The molecular formula is C13H16N4O3S. The molecule has 1 fully saturated rings. The number of thiazole rings is 1. The van der Waals surface area contributed by atoms with Gasteiger partial charge in [-0.15, -0.1) is 11.3 Å². The zero-order valence-electron chi connectivity index (χ0n) is 11.4. The van der Waals surface area contributed by atoms with Crippen LogP contribution in [0.2, 0.25) is 0 Å². The van der Waals surface area contributed by atoms with Crippen molar-refractivity contribution in [3.05, 3.63) is 33.7 Å². The Kier molecular flexibility index (Phi) is 4.00. The third-order valence-electron chi connectivity index (χ3n) is 3.57. The number of nitrogens with zero attached hydrogens (tertiary/aromatic N) is 4. The molecule has 0 unspecified atom stereocenters. The lowest BCUT2D eigenvalue weighted by atomic mass is 10.3. The SMILES string of the molecule is O=C(O)CN1CCN(Cc2cc(=O)n3ccsc3n2)CC1. The number of hydrogen-bond acceptors (Lipinski definition) is 6. The number of carboxylic acids is 1. The fourth-order valence-corrected chi connectivity index (χ4v) is 3.23. The average molecular weight is 308 g/mol. The van der Waals surface area contributed by atoms with Gasteiger partial charge < -0.3 is 5.11 Å². The van der Waals surface area contributed by atoms with Crippen molar-refractivity contribution in [3.63, 3.8) is 0 Å². The second-order valence-corrected chi connectivity index (χ2v) is 5.96. The van der Waals surface area contributed by atoms with Crippen LogP contribution < -0.4 is 5.56 Å². The van der Waals surface area contributed by atoms with E-state index in [4.69, 9.17) is 5.11 Å². The van der Waals surface area contributed by atoms with Gasteiger partial charge in [-0.05, 0) is 0 Å². The molecule has 0 saturated carbocycles. The van der Waals surface area contributed by atoms with Crippen molar-refractivity contribution in [2.75, 3.05) is 32.7 Å². The number of aliphatic carboxylic acids is 1. The largest absolute Gasteiger partial charge is 0.480 e. The van der Waals surface area contributed by atoms with Crippen molar-refractivity contribution >= 4 is 22.3 Å². The molecule has 1 aliphatic heterocycles. The summed E-state index contributed by atoms with van der Waals surface area (Å²) in [7, 11) is 0. The molecule has 8 heteroatoms. The highest BCUT2D eigenvalue weighted by Crippen LogP contribution is 2.10. The minimum absolute atomic E-state index is 0.0548. The number of hydrogen-bond donors (Lipinski definition) is 1. The van der Waals surface area contributed by atoms with Crippen LogP contribution in [-0.4, -0.2) is 63.0 Å². The smallest absolute Gasteiger partial charge is 0.317 e. The summed E-state index contributed by atoms with van der Waals surface area (Å²) in [6.07, 6.45) is 1.73. The van der Waals surface area contributed by atoms with Gasteiger partial charge in [0.25, 0.3) is 5.56 Å². The Labute approximate surface area is 125 Å². The average Bonchev–Trinajstić information content (AvgIpc) is 2.89. The zero-order valence-corrected chi connectivity index (χ0v) is 12.3. The maximum atomic E-state index is 11.9. The van der Waals surface area contributed by atoms with Crippen molar-refractivity contribution in [1.29, 1.82) is 0 Å². The van der Waals surface area contributed by atoms with E-state index in [9.17, 15) is 9.59 Å². The number of aromatic nitrogens is 2. The van der Waals surface area contributed by atoms with Crippen LogP contribution in [0.15, 0.2) is 22.4 Å². The van der Waals surface area contributed by atoms with Crippen molar-refractivity contribution < 1.29 is 9.90 Å². The highest BCUT2D eigenvalue weighted by Gasteiger charge is 2.19. The number of rotatable bonds is 4. The summed E-state index contributed by atoms with van der Waals surface area (Å²) in [6, 6.07) is 1.57. The molecular weight excluding hydrogens is 292 g/mol. The van der Waals surface area contributed by atoms with Crippen molar-refractivity contribution in [3.8, 4) is 0 Å². The molecule has 1 N–H and O–H groups in total. The predicted octanol–water partition coefficient (Wildman–Crippen LogP) is -0.0418. The van der Waals surface area contributed by atoms with Gasteiger partial charge in [0, 0.05) is 50.4 Å². The van der Waals surface area contributed by atoms with Gasteiger partial charge in [0.2, 0.25) is 0 Å². The van der Waals surface area contributed by atoms with Crippen LogP contribution in [0.25, 0.3) is 4.96 Å². The van der Waals surface area contributed by atoms with Crippen LogP contribution in [0, 0.1) is 0 Å².